The molecule has 0 fully saturated rings. The lowest BCUT2D eigenvalue weighted by atomic mass is 10.0. The molecule has 0 spiro atoms. The predicted molar refractivity (Wildman–Crippen MR) is 106 cm³/mol. The molecule has 0 saturated heterocycles. The number of carbonyl (C=O) groups is 1. The Morgan fingerprint density at radius 1 is 1.15 bits per heavy atom. The van der Waals surface area contributed by atoms with E-state index < -0.39 is 13.7 Å². The van der Waals surface area contributed by atoms with E-state index in [9.17, 15) is 14.5 Å². The highest BCUT2D eigenvalue weighted by molar-refractivity contribution is 7.68. The third-order valence-corrected chi connectivity index (χ3v) is 7.30. The Balaban J connectivity index is 2.35. The number of thiophene rings is 1. The standard InChI is InChI=1S/C19H25O6PS/c1-5-23-26(22,24-6-2)18-8-7-17(27-18)19(21)15-9-14(12-20)10-16(11-15)25-13(3)4/h7-13,19,21H,5-6H2,1-4H3. The van der Waals surface area contributed by atoms with Crippen LogP contribution in [0.5, 0.6) is 5.75 Å². The van der Waals surface area contributed by atoms with Crippen molar-refractivity contribution in [3.8, 4) is 5.75 Å². The summed E-state index contributed by atoms with van der Waals surface area (Å²) in [6.45, 7) is 7.77. The van der Waals surface area contributed by atoms with Gasteiger partial charge >= 0.3 is 7.60 Å². The van der Waals surface area contributed by atoms with Crippen molar-refractivity contribution in [1.29, 1.82) is 0 Å². The second-order valence-electron chi connectivity index (χ2n) is 6.03. The van der Waals surface area contributed by atoms with Crippen LogP contribution in [0.15, 0.2) is 30.3 Å². The number of aliphatic hydroxyl groups excluding tert-OH is 1. The van der Waals surface area contributed by atoms with E-state index in [0.717, 1.165) is 11.3 Å². The van der Waals surface area contributed by atoms with Crippen molar-refractivity contribution < 1.29 is 28.3 Å². The molecular weight excluding hydrogens is 387 g/mol. The minimum atomic E-state index is -3.40. The van der Waals surface area contributed by atoms with Gasteiger partial charge in [-0.2, -0.15) is 0 Å². The Labute approximate surface area is 163 Å². The average Bonchev–Trinajstić information content (AvgIpc) is 3.11. The van der Waals surface area contributed by atoms with E-state index in [2.05, 4.69) is 0 Å². The molecule has 27 heavy (non-hydrogen) atoms. The third-order valence-electron chi connectivity index (χ3n) is 3.52. The van der Waals surface area contributed by atoms with E-state index in [1.54, 1.807) is 44.2 Å². The van der Waals surface area contributed by atoms with Crippen LogP contribution in [0.25, 0.3) is 0 Å². The van der Waals surface area contributed by atoms with E-state index in [1.807, 2.05) is 13.8 Å². The Hall–Kier alpha value is -1.50. The second-order valence-corrected chi connectivity index (χ2v) is 9.44. The second kappa shape index (κ2) is 9.62. The molecule has 1 heterocycles. The maximum absolute atomic E-state index is 12.9. The molecule has 8 heteroatoms. The van der Waals surface area contributed by atoms with Gasteiger partial charge in [0.25, 0.3) is 0 Å². The van der Waals surface area contributed by atoms with Crippen LogP contribution in [0.4, 0.5) is 0 Å². The minimum absolute atomic E-state index is 0.0616. The molecule has 0 radical (unpaired) electrons. The molecule has 0 aliphatic heterocycles. The van der Waals surface area contributed by atoms with Gasteiger partial charge in [-0.15, -0.1) is 11.3 Å². The first kappa shape index (κ1) is 21.8. The maximum atomic E-state index is 12.9. The molecule has 0 saturated carbocycles. The van der Waals surface area contributed by atoms with E-state index in [4.69, 9.17) is 13.8 Å². The summed E-state index contributed by atoms with van der Waals surface area (Å²) in [4.78, 5) is 11.8. The number of hydrogen-bond donors (Lipinski definition) is 1. The minimum Gasteiger partial charge on any atom is -0.491 e. The number of aliphatic hydroxyl groups is 1. The van der Waals surface area contributed by atoms with Crippen LogP contribution in [0.2, 0.25) is 0 Å². The van der Waals surface area contributed by atoms with Crippen molar-refractivity contribution in [2.24, 2.45) is 0 Å². The lowest BCUT2D eigenvalue weighted by Gasteiger charge is -2.16. The highest BCUT2D eigenvalue weighted by atomic mass is 32.1. The number of ether oxygens (including phenoxy) is 1. The van der Waals surface area contributed by atoms with E-state index in [-0.39, 0.29) is 19.3 Å². The van der Waals surface area contributed by atoms with Gasteiger partial charge in [-0.3, -0.25) is 9.36 Å². The van der Waals surface area contributed by atoms with Crippen molar-refractivity contribution in [2.75, 3.05) is 13.2 Å². The highest BCUT2D eigenvalue weighted by Crippen LogP contribution is 2.49. The van der Waals surface area contributed by atoms with Crippen molar-refractivity contribution in [1.82, 2.24) is 0 Å². The highest BCUT2D eigenvalue weighted by Gasteiger charge is 2.30. The molecule has 1 aromatic heterocycles. The van der Waals surface area contributed by atoms with Crippen molar-refractivity contribution in [3.63, 3.8) is 0 Å². The van der Waals surface area contributed by atoms with Gasteiger partial charge in [0.05, 0.1) is 19.3 Å². The van der Waals surface area contributed by atoms with Crippen LogP contribution >= 0.6 is 18.9 Å². The number of rotatable bonds is 10. The molecule has 0 amide bonds. The first-order valence-electron chi connectivity index (χ1n) is 8.77. The smallest absolute Gasteiger partial charge is 0.371 e. The Morgan fingerprint density at radius 3 is 2.37 bits per heavy atom. The molecule has 0 bridgehead atoms. The summed E-state index contributed by atoms with van der Waals surface area (Å²) in [5.41, 5.74) is 0.930. The molecule has 148 valence electrons. The normalized spacial score (nSPS) is 13.0. The van der Waals surface area contributed by atoms with E-state index >= 15 is 0 Å². The van der Waals surface area contributed by atoms with Gasteiger partial charge in [0.1, 0.15) is 22.8 Å². The number of carbonyl (C=O) groups excluding carboxylic acids is 1. The topological polar surface area (TPSA) is 82.1 Å². The summed E-state index contributed by atoms with van der Waals surface area (Å²) in [6, 6.07) is 8.26. The molecule has 2 rings (SSSR count). The number of aldehydes is 1. The number of hydrogen-bond acceptors (Lipinski definition) is 7. The summed E-state index contributed by atoms with van der Waals surface area (Å²) >= 11 is 1.16. The maximum Gasteiger partial charge on any atom is 0.371 e. The predicted octanol–water partition coefficient (Wildman–Crippen LogP) is 4.32. The summed E-state index contributed by atoms with van der Waals surface area (Å²) in [7, 11) is -3.40. The molecule has 6 nitrogen and oxygen atoms in total. The fourth-order valence-electron chi connectivity index (χ4n) is 2.52. The van der Waals surface area contributed by atoms with Crippen LogP contribution in [0.1, 0.15) is 54.6 Å². The average molecular weight is 412 g/mol. The Bertz CT molecular complexity index is 806. The van der Waals surface area contributed by atoms with Gasteiger partial charge in [0.2, 0.25) is 0 Å². The van der Waals surface area contributed by atoms with Gasteiger partial charge in [-0.05, 0) is 63.6 Å². The molecule has 2 aromatic rings. The Morgan fingerprint density at radius 2 is 1.81 bits per heavy atom. The summed E-state index contributed by atoms with van der Waals surface area (Å²) < 4.78 is 29.7. The summed E-state index contributed by atoms with van der Waals surface area (Å²) in [6.07, 6.45) is -0.342. The van der Waals surface area contributed by atoms with Crippen LogP contribution < -0.4 is 9.36 Å². The van der Waals surface area contributed by atoms with Gasteiger partial charge in [-0.25, -0.2) is 0 Å². The summed E-state index contributed by atoms with van der Waals surface area (Å²) in [5.74, 6) is 0.509. The van der Waals surface area contributed by atoms with Crippen molar-refractivity contribution in [2.45, 2.75) is 39.9 Å². The first-order valence-corrected chi connectivity index (χ1v) is 11.1. The fourth-order valence-corrected chi connectivity index (χ4v) is 5.62. The van der Waals surface area contributed by atoms with Crippen LogP contribution in [0, 0.1) is 0 Å². The van der Waals surface area contributed by atoms with Gasteiger partial charge in [-0.1, -0.05) is 0 Å². The molecule has 0 aliphatic carbocycles. The zero-order valence-electron chi connectivity index (χ0n) is 15.9. The zero-order valence-corrected chi connectivity index (χ0v) is 17.6. The van der Waals surface area contributed by atoms with Crippen LogP contribution in [-0.2, 0) is 13.6 Å². The van der Waals surface area contributed by atoms with Gasteiger partial charge < -0.3 is 18.9 Å². The Kier molecular flexibility index (Phi) is 7.77. The van der Waals surface area contributed by atoms with Gasteiger partial charge in [0.15, 0.2) is 0 Å². The lowest BCUT2D eigenvalue weighted by molar-refractivity contribution is 0.112. The summed E-state index contributed by atoms with van der Waals surface area (Å²) in [5, 5.41) is 10.8. The largest absolute Gasteiger partial charge is 0.491 e. The molecule has 0 aliphatic rings. The monoisotopic (exact) mass is 412 g/mol. The number of benzene rings is 1. The SMILES string of the molecule is CCOP(=O)(OCC)c1ccc(C(O)c2cc(C=O)cc(OC(C)C)c2)s1. The van der Waals surface area contributed by atoms with E-state index in [1.165, 1.54) is 0 Å². The van der Waals surface area contributed by atoms with Crippen LogP contribution in [-0.4, -0.2) is 30.7 Å². The fraction of sp³-hybridized carbons (Fsp3) is 0.421. The van der Waals surface area contributed by atoms with Gasteiger partial charge in [0, 0.05) is 10.4 Å². The molecule has 1 unspecified atom stereocenters. The van der Waals surface area contributed by atoms with Crippen LogP contribution in [0.3, 0.4) is 0 Å². The molecule has 1 N–H and O–H groups in total. The molecule has 1 atom stereocenters. The van der Waals surface area contributed by atoms with Crippen molar-refractivity contribution >= 4 is 29.8 Å². The van der Waals surface area contributed by atoms with Crippen molar-refractivity contribution in [3.05, 3.63) is 46.3 Å². The third kappa shape index (κ3) is 5.50. The lowest BCUT2D eigenvalue weighted by Crippen LogP contribution is -2.08. The first-order chi connectivity index (χ1) is 12.8. The molecule has 1 aromatic carbocycles. The quantitative estimate of drug-likeness (QED) is 0.462. The zero-order chi connectivity index (χ0) is 20.0. The van der Waals surface area contributed by atoms with E-state index in [0.29, 0.717) is 32.7 Å². The molecular formula is C19H25O6PS.